The van der Waals surface area contributed by atoms with Gasteiger partial charge in [-0.2, -0.15) is 0 Å². The summed E-state index contributed by atoms with van der Waals surface area (Å²) >= 11 is 0. The number of hydrogen-bond donors (Lipinski definition) is 1. The number of carboxylic acids is 1. The topological polar surface area (TPSA) is 60.9 Å². The van der Waals surface area contributed by atoms with Gasteiger partial charge >= 0.3 is 12.0 Å². The van der Waals surface area contributed by atoms with Gasteiger partial charge in [-0.3, -0.25) is 4.79 Å². The number of carbonyl (C=O) groups is 2. The molecule has 0 saturated carbocycles. The molecule has 17 heavy (non-hydrogen) atoms. The molecule has 1 atom stereocenters. The van der Waals surface area contributed by atoms with Gasteiger partial charge in [0.15, 0.2) is 0 Å². The molecule has 1 unspecified atom stereocenters. The molecule has 5 heteroatoms. The lowest BCUT2D eigenvalue weighted by Crippen LogP contribution is -2.42. The maximum Gasteiger partial charge on any atom is 0.320 e. The van der Waals surface area contributed by atoms with Crippen molar-refractivity contribution in [2.75, 3.05) is 26.2 Å². The second-order valence-corrected chi connectivity index (χ2v) is 4.49. The van der Waals surface area contributed by atoms with E-state index in [1.165, 1.54) is 0 Å². The zero-order valence-corrected chi connectivity index (χ0v) is 10.7. The molecule has 0 aliphatic carbocycles. The molecule has 0 aromatic carbocycles. The summed E-state index contributed by atoms with van der Waals surface area (Å²) in [5.74, 6) is -1.18. The molecular formula is C12H22N2O3. The van der Waals surface area contributed by atoms with E-state index >= 15 is 0 Å². The average Bonchev–Trinajstić information content (AvgIpc) is 2.79. The van der Waals surface area contributed by atoms with E-state index in [4.69, 9.17) is 5.11 Å². The Labute approximate surface area is 102 Å². The largest absolute Gasteiger partial charge is 0.481 e. The van der Waals surface area contributed by atoms with Crippen LogP contribution in [0.1, 0.15) is 33.1 Å². The van der Waals surface area contributed by atoms with Crippen LogP contribution in [-0.2, 0) is 4.79 Å². The summed E-state index contributed by atoms with van der Waals surface area (Å²) in [5.41, 5.74) is 0. The highest BCUT2D eigenvalue weighted by Crippen LogP contribution is 2.18. The summed E-state index contributed by atoms with van der Waals surface area (Å²) < 4.78 is 0. The zero-order valence-electron chi connectivity index (χ0n) is 10.7. The number of nitrogens with zero attached hydrogens (tertiary/aromatic N) is 2. The maximum atomic E-state index is 12.1. The minimum atomic E-state index is -0.795. The number of urea groups is 1. The van der Waals surface area contributed by atoms with Crippen LogP contribution in [0.2, 0.25) is 0 Å². The van der Waals surface area contributed by atoms with Crippen LogP contribution in [0.4, 0.5) is 4.79 Å². The molecule has 1 aliphatic heterocycles. The fraction of sp³-hybridized carbons (Fsp3) is 0.833. The van der Waals surface area contributed by atoms with Crippen LogP contribution in [0.3, 0.4) is 0 Å². The first-order valence-electron chi connectivity index (χ1n) is 6.36. The van der Waals surface area contributed by atoms with Crippen LogP contribution in [0.15, 0.2) is 0 Å². The molecule has 0 spiro atoms. The van der Waals surface area contributed by atoms with Gasteiger partial charge in [0.2, 0.25) is 0 Å². The highest BCUT2D eigenvalue weighted by atomic mass is 16.4. The number of carbonyl (C=O) groups excluding carboxylic acids is 1. The Morgan fingerprint density at radius 3 is 2.59 bits per heavy atom. The van der Waals surface area contributed by atoms with Crippen molar-refractivity contribution in [2.45, 2.75) is 33.1 Å². The first-order valence-corrected chi connectivity index (χ1v) is 6.36. The minimum Gasteiger partial charge on any atom is -0.481 e. The normalized spacial score (nSPS) is 19.4. The van der Waals surface area contributed by atoms with Gasteiger partial charge in [-0.1, -0.05) is 13.3 Å². The van der Waals surface area contributed by atoms with Crippen molar-refractivity contribution in [1.82, 2.24) is 9.80 Å². The predicted octanol–water partition coefficient (Wildman–Crippen LogP) is 1.63. The highest BCUT2D eigenvalue weighted by Gasteiger charge is 2.32. The first-order chi connectivity index (χ1) is 8.10. The summed E-state index contributed by atoms with van der Waals surface area (Å²) in [6.45, 7) is 6.43. The van der Waals surface area contributed by atoms with Gasteiger partial charge in [0.1, 0.15) is 0 Å². The third-order valence-electron chi connectivity index (χ3n) is 3.24. The maximum absolute atomic E-state index is 12.1. The third-order valence-corrected chi connectivity index (χ3v) is 3.24. The van der Waals surface area contributed by atoms with Crippen LogP contribution in [0, 0.1) is 5.92 Å². The van der Waals surface area contributed by atoms with Crippen molar-refractivity contribution < 1.29 is 14.7 Å². The Balaban J connectivity index is 2.49. The SMILES string of the molecule is CCCCN(CC)C(=O)N1CCC(C(=O)O)C1. The van der Waals surface area contributed by atoms with Gasteiger partial charge in [0.25, 0.3) is 0 Å². The van der Waals surface area contributed by atoms with Crippen molar-refractivity contribution >= 4 is 12.0 Å². The highest BCUT2D eigenvalue weighted by molar-refractivity contribution is 5.77. The van der Waals surface area contributed by atoms with E-state index in [0.29, 0.717) is 26.1 Å². The molecule has 0 aromatic rings. The number of hydrogen-bond acceptors (Lipinski definition) is 2. The summed E-state index contributed by atoms with van der Waals surface area (Å²) in [6.07, 6.45) is 2.63. The van der Waals surface area contributed by atoms with Crippen LogP contribution >= 0.6 is 0 Å². The smallest absolute Gasteiger partial charge is 0.320 e. The minimum absolute atomic E-state index is 0.00954. The fourth-order valence-electron chi connectivity index (χ4n) is 2.07. The van der Waals surface area contributed by atoms with Crippen LogP contribution in [0.25, 0.3) is 0 Å². The van der Waals surface area contributed by atoms with E-state index < -0.39 is 5.97 Å². The van der Waals surface area contributed by atoms with Crippen molar-refractivity contribution in [2.24, 2.45) is 5.92 Å². The molecule has 0 radical (unpaired) electrons. The molecule has 98 valence electrons. The van der Waals surface area contributed by atoms with Gasteiger partial charge in [0.05, 0.1) is 5.92 Å². The van der Waals surface area contributed by atoms with Crippen molar-refractivity contribution in [1.29, 1.82) is 0 Å². The lowest BCUT2D eigenvalue weighted by molar-refractivity contribution is -0.141. The van der Waals surface area contributed by atoms with Crippen molar-refractivity contribution in [3.63, 3.8) is 0 Å². The average molecular weight is 242 g/mol. The number of aliphatic carboxylic acids is 1. The first kappa shape index (κ1) is 13.8. The second-order valence-electron chi connectivity index (χ2n) is 4.49. The third kappa shape index (κ3) is 3.61. The van der Waals surface area contributed by atoms with Gasteiger partial charge < -0.3 is 14.9 Å². The summed E-state index contributed by atoms with van der Waals surface area (Å²) in [4.78, 5) is 26.4. The molecule has 1 aliphatic rings. The van der Waals surface area contributed by atoms with Crippen LogP contribution in [-0.4, -0.2) is 53.1 Å². The Bertz CT molecular complexity index is 281. The molecule has 1 N–H and O–H groups in total. The monoisotopic (exact) mass is 242 g/mol. The van der Waals surface area contributed by atoms with Crippen LogP contribution < -0.4 is 0 Å². The van der Waals surface area contributed by atoms with Crippen molar-refractivity contribution in [3.8, 4) is 0 Å². The lowest BCUT2D eigenvalue weighted by atomic mass is 10.1. The van der Waals surface area contributed by atoms with E-state index in [1.54, 1.807) is 9.80 Å². The predicted molar refractivity (Wildman–Crippen MR) is 64.9 cm³/mol. The van der Waals surface area contributed by atoms with E-state index in [-0.39, 0.29) is 11.9 Å². The summed E-state index contributed by atoms with van der Waals surface area (Å²) in [5, 5.41) is 8.90. The number of likely N-dealkylation sites (tertiary alicyclic amines) is 1. The molecule has 1 fully saturated rings. The van der Waals surface area contributed by atoms with E-state index in [9.17, 15) is 9.59 Å². The van der Waals surface area contributed by atoms with Gasteiger partial charge in [0, 0.05) is 26.2 Å². The summed E-state index contributed by atoms with van der Waals surface area (Å²) in [6, 6.07) is -0.00954. The standard InChI is InChI=1S/C12H22N2O3/c1-3-5-7-13(4-2)12(17)14-8-6-10(9-14)11(15)16/h10H,3-9H2,1-2H3,(H,15,16). The van der Waals surface area contributed by atoms with E-state index in [0.717, 1.165) is 19.4 Å². The van der Waals surface area contributed by atoms with Gasteiger partial charge in [-0.05, 0) is 19.8 Å². The Morgan fingerprint density at radius 1 is 1.41 bits per heavy atom. The van der Waals surface area contributed by atoms with Gasteiger partial charge in [-0.25, -0.2) is 4.79 Å². The molecule has 1 heterocycles. The molecular weight excluding hydrogens is 220 g/mol. The molecule has 1 saturated heterocycles. The number of amides is 2. The Hall–Kier alpha value is -1.26. The Morgan fingerprint density at radius 2 is 2.12 bits per heavy atom. The quantitative estimate of drug-likeness (QED) is 0.797. The number of rotatable bonds is 5. The van der Waals surface area contributed by atoms with E-state index in [1.807, 2.05) is 6.92 Å². The fourth-order valence-corrected chi connectivity index (χ4v) is 2.07. The second kappa shape index (κ2) is 6.47. The molecule has 0 bridgehead atoms. The summed E-state index contributed by atoms with van der Waals surface area (Å²) in [7, 11) is 0. The number of carboxylic acid groups (broad SMARTS) is 1. The molecule has 0 aromatic heterocycles. The molecule has 1 rings (SSSR count). The lowest BCUT2D eigenvalue weighted by Gasteiger charge is -2.26. The number of unbranched alkanes of at least 4 members (excludes halogenated alkanes) is 1. The molecule has 2 amide bonds. The van der Waals surface area contributed by atoms with E-state index in [2.05, 4.69) is 6.92 Å². The Kier molecular flexibility index (Phi) is 5.25. The zero-order chi connectivity index (χ0) is 12.8. The molecule has 5 nitrogen and oxygen atoms in total. The van der Waals surface area contributed by atoms with Gasteiger partial charge in [-0.15, -0.1) is 0 Å². The van der Waals surface area contributed by atoms with Crippen molar-refractivity contribution in [3.05, 3.63) is 0 Å². The van der Waals surface area contributed by atoms with Crippen LogP contribution in [0.5, 0.6) is 0 Å².